The molecule has 178 valence electrons. The average Bonchev–Trinajstić information content (AvgIpc) is 2.74. The Bertz CT molecular complexity index is 696. The summed E-state index contributed by atoms with van der Waals surface area (Å²) in [5, 5.41) is 3.26. The van der Waals surface area contributed by atoms with E-state index in [4.69, 9.17) is 9.47 Å². The molecule has 1 aromatic carbocycles. The normalized spacial score (nSPS) is 16.5. The fraction of sp³-hybridized carbons (Fsp3) is 0.667. The van der Waals surface area contributed by atoms with Crippen molar-refractivity contribution in [2.45, 2.75) is 38.9 Å². The smallest absolute Gasteiger partial charge is 0.403 e. The van der Waals surface area contributed by atoms with Crippen LogP contribution in [0.4, 0.5) is 13.2 Å². The third-order valence-electron chi connectivity index (χ3n) is 5.30. The Morgan fingerprint density at radius 2 is 1.77 bits per heavy atom. The van der Waals surface area contributed by atoms with Gasteiger partial charge in [-0.3, -0.25) is 9.89 Å². The highest BCUT2D eigenvalue weighted by Gasteiger charge is 2.41. The quantitative estimate of drug-likeness (QED) is 0.228. The molecule has 0 radical (unpaired) electrons. The van der Waals surface area contributed by atoms with E-state index in [1.807, 2.05) is 30.0 Å². The van der Waals surface area contributed by atoms with Crippen molar-refractivity contribution >= 4 is 29.9 Å². The van der Waals surface area contributed by atoms with Gasteiger partial charge in [0, 0.05) is 39.3 Å². The molecule has 1 N–H and O–H groups in total. The van der Waals surface area contributed by atoms with Gasteiger partial charge >= 0.3 is 6.18 Å². The Hall–Kier alpha value is -1.43. The van der Waals surface area contributed by atoms with Crippen molar-refractivity contribution in [1.29, 1.82) is 0 Å². The summed E-state index contributed by atoms with van der Waals surface area (Å²) >= 11 is 0. The summed E-state index contributed by atoms with van der Waals surface area (Å²) in [5.74, 6) is 2.18. The summed E-state index contributed by atoms with van der Waals surface area (Å²) < 4.78 is 49.4. The van der Waals surface area contributed by atoms with Crippen LogP contribution in [-0.4, -0.2) is 81.5 Å². The number of ether oxygens (including phenoxy) is 2. The topological polar surface area (TPSA) is 49.3 Å². The van der Waals surface area contributed by atoms with Gasteiger partial charge in [0.1, 0.15) is 6.04 Å². The SMILES string of the molecule is CCNC(=NCCCc1ccc(OC)c(OC)c1)N1CCN(C(C)C(F)(F)F)CC1.I. The molecule has 0 spiro atoms. The second kappa shape index (κ2) is 13.2. The molecule has 0 saturated carbocycles. The largest absolute Gasteiger partial charge is 0.493 e. The molecule has 0 amide bonds. The summed E-state index contributed by atoms with van der Waals surface area (Å²) in [4.78, 5) is 8.21. The standard InChI is InChI=1S/C21H33F3N4O2.HI/c1-5-25-20(28-13-11-27(12-14-28)16(2)21(22,23)24)26-10-6-7-17-8-9-18(29-3)19(15-17)30-4;/h8-9,15-16H,5-7,10-14H2,1-4H3,(H,25,26);1H. The van der Waals surface area contributed by atoms with Gasteiger partial charge < -0.3 is 19.7 Å². The molecular weight excluding hydrogens is 524 g/mol. The van der Waals surface area contributed by atoms with Crippen LogP contribution in [0, 0.1) is 0 Å². The minimum atomic E-state index is -4.19. The molecule has 1 unspecified atom stereocenters. The second-order valence-electron chi connectivity index (χ2n) is 7.27. The van der Waals surface area contributed by atoms with Gasteiger partial charge in [0.25, 0.3) is 0 Å². The molecule has 1 atom stereocenters. The van der Waals surface area contributed by atoms with Crippen molar-refractivity contribution in [3.05, 3.63) is 23.8 Å². The summed E-state index contributed by atoms with van der Waals surface area (Å²) in [7, 11) is 3.22. The maximum Gasteiger partial charge on any atom is 0.403 e. The van der Waals surface area contributed by atoms with E-state index >= 15 is 0 Å². The lowest BCUT2D eigenvalue weighted by molar-refractivity contribution is -0.181. The molecular formula is C21H34F3IN4O2. The van der Waals surface area contributed by atoms with Gasteiger partial charge in [0.2, 0.25) is 0 Å². The van der Waals surface area contributed by atoms with Gasteiger partial charge in [-0.25, -0.2) is 0 Å². The number of nitrogens with one attached hydrogen (secondary N) is 1. The third kappa shape index (κ3) is 8.21. The van der Waals surface area contributed by atoms with Crippen LogP contribution in [-0.2, 0) is 6.42 Å². The van der Waals surface area contributed by atoms with Crippen molar-refractivity contribution < 1.29 is 22.6 Å². The molecule has 10 heteroatoms. The van der Waals surface area contributed by atoms with Crippen molar-refractivity contribution in [3.63, 3.8) is 0 Å². The number of rotatable bonds is 8. The Morgan fingerprint density at radius 3 is 2.32 bits per heavy atom. The average molecular weight is 558 g/mol. The minimum Gasteiger partial charge on any atom is -0.493 e. The highest BCUT2D eigenvalue weighted by Crippen LogP contribution is 2.28. The van der Waals surface area contributed by atoms with E-state index in [2.05, 4.69) is 10.3 Å². The van der Waals surface area contributed by atoms with E-state index in [-0.39, 0.29) is 24.0 Å². The fourth-order valence-corrected chi connectivity index (χ4v) is 3.46. The number of piperazine rings is 1. The number of hydrogen-bond donors (Lipinski definition) is 1. The van der Waals surface area contributed by atoms with Crippen molar-refractivity contribution in [1.82, 2.24) is 15.1 Å². The molecule has 0 bridgehead atoms. The van der Waals surface area contributed by atoms with Gasteiger partial charge in [-0.1, -0.05) is 6.07 Å². The van der Waals surface area contributed by atoms with Gasteiger partial charge in [-0.05, 0) is 44.4 Å². The number of aliphatic imine (C=N–C) groups is 1. The van der Waals surface area contributed by atoms with Crippen LogP contribution in [0.3, 0.4) is 0 Å². The van der Waals surface area contributed by atoms with Crippen LogP contribution in [0.15, 0.2) is 23.2 Å². The molecule has 0 aromatic heterocycles. The van der Waals surface area contributed by atoms with Crippen LogP contribution in [0.1, 0.15) is 25.8 Å². The first-order valence-corrected chi connectivity index (χ1v) is 10.3. The Morgan fingerprint density at radius 1 is 1.13 bits per heavy atom. The summed E-state index contributed by atoms with van der Waals surface area (Å²) in [6, 6.07) is 4.45. The summed E-state index contributed by atoms with van der Waals surface area (Å²) in [5.41, 5.74) is 1.14. The van der Waals surface area contributed by atoms with Crippen LogP contribution in [0.5, 0.6) is 11.5 Å². The summed E-state index contributed by atoms with van der Waals surface area (Å²) in [6.07, 6.45) is -2.49. The van der Waals surface area contributed by atoms with Gasteiger partial charge in [-0.2, -0.15) is 13.2 Å². The molecule has 1 aliphatic heterocycles. The number of nitrogens with zero attached hydrogens (tertiary/aromatic N) is 3. The van der Waals surface area contributed by atoms with Crippen LogP contribution in [0.2, 0.25) is 0 Å². The molecule has 1 saturated heterocycles. The first-order valence-electron chi connectivity index (χ1n) is 10.3. The molecule has 1 aliphatic rings. The number of guanidine groups is 1. The number of methoxy groups -OCH3 is 2. The number of alkyl halides is 3. The first kappa shape index (κ1) is 27.6. The lowest BCUT2D eigenvalue weighted by Crippen LogP contribution is -2.56. The zero-order valence-electron chi connectivity index (χ0n) is 18.7. The van der Waals surface area contributed by atoms with E-state index in [0.717, 1.165) is 24.4 Å². The number of aryl methyl sites for hydroxylation is 1. The van der Waals surface area contributed by atoms with Crippen molar-refractivity contribution in [2.24, 2.45) is 4.99 Å². The maximum absolute atomic E-state index is 12.9. The molecule has 2 rings (SSSR count). The second-order valence-corrected chi connectivity index (χ2v) is 7.27. The molecule has 1 heterocycles. The van der Waals surface area contributed by atoms with Crippen molar-refractivity contribution in [2.75, 3.05) is 53.5 Å². The zero-order chi connectivity index (χ0) is 22.1. The lowest BCUT2D eigenvalue weighted by Gasteiger charge is -2.39. The van der Waals surface area contributed by atoms with E-state index in [1.165, 1.54) is 11.8 Å². The Labute approximate surface area is 200 Å². The van der Waals surface area contributed by atoms with Crippen LogP contribution < -0.4 is 14.8 Å². The fourth-order valence-electron chi connectivity index (χ4n) is 3.46. The number of hydrogen-bond acceptors (Lipinski definition) is 4. The lowest BCUT2D eigenvalue weighted by atomic mass is 10.1. The first-order chi connectivity index (χ1) is 14.3. The van der Waals surface area contributed by atoms with Crippen LogP contribution >= 0.6 is 24.0 Å². The minimum absolute atomic E-state index is 0. The maximum atomic E-state index is 12.9. The van der Waals surface area contributed by atoms with E-state index < -0.39 is 12.2 Å². The third-order valence-corrected chi connectivity index (χ3v) is 5.30. The molecule has 31 heavy (non-hydrogen) atoms. The highest BCUT2D eigenvalue weighted by atomic mass is 127. The van der Waals surface area contributed by atoms with Gasteiger partial charge in [-0.15, -0.1) is 24.0 Å². The molecule has 6 nitrogen and oxygen atoms in total. The number of benzene rings is 1. The monoisotopic (exact) mass is 558 g/mol. The van der Waals surface area contributed by atoms with E-state index in [0.29, 0.717) is 50.8 Å². The Kier molecular flexibility index (Phi) is 11.7. The van der Waals surface area contributed by atoms with E-state index in [9.17, 15) is 13.2 Å². The Balaban J connectivity index is 0.00000480. The molecule has 1 fully saturated rings. The highest BCUT2D eigenvalue weighted by molar-refractivity contribution is 14.0. The van der Waals surface area contributed by atoms with Gasteiger partial charge in [0.15, 0.2) is 17.5 Å². The zero-order valence-corrected chi connectivity index (χ0v) is 21.0. The molecule has 1 aromatic rings. The predicted octanol–water partition coefficient (Wildman–Crippen LogP) is 3.79. The molecule has 0 aliphatic carbocycles. The summed E-state index contributed by atoms with van der Waals surface area (Å²) in [6.45, 7) is 6.37. The van der Waals surface area contributed by atoms with Gasteiger partial charge in [0.05, 0.1) is 14.2 Å². The van der Waals surface area contributed by atoms with Crippen LogP contribution in [0.25, 0.3) is 0 Å². The number of halogens is 4. The van der Waals surface area contributed by atoms with Crippen molar-refractivity contribution in [3.8, 4) is 11.5 Å². The van der Waals surface area contributed by atoms with E-state index in [1.54, 1.807) is 14.2 Å². The predicted molar refractivity (Wildman–Crippen MR) is 128 cm³/mol.